The van der Waals surface area contributed by atoms with Gasteiger partial charge in [-0.3, -0.25) is 4.79 Å². The molecule has 2 aromatic heterocycles. The van der Waals surface area contributed by atoms with Gasteiger partial charge in [0.2, 0.25) is 0 Å². The zero-order chi connectivity index (χ0) is 13.5. The van der Waals surface area contributed by atoms with Gasteiger partial charge in [-0.15, -0.1) is 0 Å². The second kappa shape index (κ2) is 4.22. The number of rotatable bonds is 3. The topological polar surface area (TPSA) is 88.1 Å². The first kappa shape index (κ1) is 12.0. The first-order chi connectivity index (χ1) is 9.17. The molecule has 2 heterocycles. The highest BCUT2D eigenvalue weighted by molar-refractivity contribution is 5.90. The number of fused-ring (bicyclic) bond motifs is 1. The van der Waals surface area contributed by atoms with E-state index < -0.39 is 11.4 Å². The van der Waals surface area contributed by atoms with Gasteiger partial charge < -0.3 is 14.8 Å². The SMILES string of the molecule is COc1ncc2[nH]cc(C3(C(=O)O)CCCC3)c2n1. The summed E-state index contributed by atoms with van der Waals surface area (Å²) in [5.74, 6) is -0.775. The Morgan fingerprint density at radius 2 is 2.21 bits per heavy atom. The van der Waals surface area contributed by atoms with Crippen molar-refractivity contribution >= 4 is 17.0 Å². The summed E-state index contributed by atoms with van der Waals surface area (Å²) in [6.45, 7) is 0. The van der Waals surface area contributed by atoms with Crippen molar-refractivity contribution in [2.24, 2.45) is 0 Å². The van der Waals surface area contributed by atoms with Crippen molar-refractivity contribution in [2.75, 3.05) is 7.11 Å². The molecule has 19 heavy (non-hydrogen) atoms. The molecule has 0 saturated heterocycles. The second-order valence-corrected chi connectivity index (χ2v) is 4.92. The first-order valence-electron chi connectivity index (χ1n) is 6.29. The van der Waals surface area contributed by atoms with E-state index in [0.717, 1.165) is 23.9 Å². The molecule has 3 rings (SSSR count). The van der Waals surface area contributed by atoms with Crippen molar-refractivity contribution < 1.29 is 14.6 Å². The summed E-state index contributed by atoms with van der Waals surface area (Å²) in [5.41, 5.74) is 1.31. The lowest BCUT2D eigenvalue weighted by Gasteiger charge is -2.22. The standard InChI is InChI=1S/C13H15N3O3/c1-19-12-15-7-9-10(16-12)8(6-14-9)13(11(17)18)4-2-3-5-13/h6-7,14H,2-5H2,1H3,(H,17,18). The maximum absolute atomic E-state index is 11.7. The molecule has 0 aromatic carbocycles. The van der Waals surface area contributed by atoms with Crippen molar-refractivity contribution in [1.82, 2.24) is 15.0 Å². The Kier molecular flexibility index (Phi) is 2.66. The average molecular weight is 261 g/mol. The van der Waals surface area contributed by atoms with E-state index in [0.29, 0.717) is 18.4 Å². The maximum Gasteiger partial charge on any atom is 0.316 e. The fraction of sp³-hybridized carbons (Fsp3) is 0.462. The second-order valence-electron chi connectivity index (χ2n) is 4.92. The number of carboxylic acid groups (broad SMARTS) is 1. The summed E-state index contributed by atoms with van der Waals surface area (Å²) >= 11 is 0. The molecule has 2 N–H and O–H groups in total. The molecule has 0 atom stereocenters. The molecule has 0 unspecified atom stereocenters. The number of H-pyrrole nitrogens is 1. The molecule has 6 heteroatoms. The third-order valence-corrected chi connectivity index (χ3v) is 3.96. The molecule has 0 aliphatic heterocycles. The molecule has 1 saturated carbocycles. The largest absolute Gasteiger partial charge is 0.481 e. The molecular weight excluding hydrogens is 246 g/mol. The highest BCUT2D eigenvalue weighted by Gasteiger charge is 2.44. The van der Waals surface area contributed by atoms with Crippen LogP contribution in [0.3, 0.4) is 0 Å². The number of ether oxygens (including phenoxy) is 1. The number of carboxylic acids is 1. The van der Waals surface area contributed by atoms with Gasteiger partial charge in [-0.2, -0.15) is 4.98 Å². The predicted molar refractivity (Wildman–Crippen MR) is 68.2 cm³/mol. The van der Waals surface area contributed by atoms with Crippen LogP contribution in [0.15, 0.2) is 12.4 Å². The number of aromatic amines is 1. The minimum atomic E-state index is -0.822. The van der Waals surface area contributed by atoms with E-state index in [9.17, 15) is 9.90 Å². The highest BCUT2D eigenvalue weighted by atomic mass is 16.5. The van der Waals surface area contributed by atoms with Gasteiger partial charge in [0.1, 0.15) is 0 Å². The quantitative estimate of drug-likeness (QED) is 0.880. The number of aromatic nitrogens is 3. The van der Waals surface area contributed by atoms with Crippen molar-refractivity contribution in [2.45, 2.75) is 31.1 Å². The normalized spacial score (nSPS) is 17.7. The monoisotopic (exact) mass is 261 g/mol. The molecule has 0 amide bonds. The van der Waals surface area contributed by atoms with E-state index in [4.69, 9.17) is 4.74 Å². The highest BCUT2D eigenvalue weighted by Crippen LogP contribution is 2.43. The van der Waals surface area contributed by atoms with E-state index in [-0.39, 0.29) is 6.01 Å². The number of nitrogens with one attached hydrogen (secondary N) is 1. The Morgan fingerprint density at radius 1 is 1.47 bits per heavy atom. The van der Waals surface area contributed by atoms with Gasteiger partial charge in [-0.25, -0.2) is 4.98 Å². The van der Waals surface area contributed by atoms with Crippen LogP contribution < -0.4 is 4.74 Å². The number of aliphatic carboxylic acids is 1. The summed E-state index contributed by atoms with van der Waals surface area (Å²) in [4.78, 5) is 23.1. The van der Waals surface area contributed by atoms with E-state index in [2.05, 4.69) is 15.0 Å². The maximum atomic E-state index is 11.7. The lowest BCUT2D eigenvalue weighted by molar-refractivity contribution is -0.143. The lowest BCUT2D eigenvalue weighted by Crippen LogP contribution is -2.32. The molecule has 6 nitrogen and oxygen atoms in total. The van der Waals surface area contributed by atoms with Gasteiger partial charge in [0.25, 0.3) is 0 Å². The van der Waals surface area contributed by atoms with Gasteiger partial charge in [-0.05, 0) is 12.8 Å². The van der Waals surface area contributed by atoms with Crippen LogP contribution in [0.2, 0.25) is 0 Å². The predicted octanol–water partition coefficient (Wildman–Crippen LogP) is 1.86. The van der Waals surface area contributed by atoms with Gasteiger partial charge in [0, 0.05) is 11.8 Å². The third-order valence-electron chi connectivity index (χ3n) is 3.96. The fourth-order valence-electron chi connectivity index (χ4n) is 2.93. The summed E-state index contributed by atoms with van der Waals surface area (Å²) in [7, 11) is 1.50. The van der Waals surface area contributed by atoms with E-state index >= 15 is 0 Å². The van der Waals surface area contributed by atoms with Crippen molar-refractivity contribution in [1.29, 1.82) is 0 Å². The minimum absolute atomic E-state index is 0.256. The molecule has 1 aliphatic carbocycles. The Labute approximate surface area is 109 Å². The van der Waals surface area contributed by atoms with E-state index in [1.54, 1.807) is 12.4 Å². The summed E-state index contributed by atoms with van der Waals surface area (Å²) in [5, 5.41) is 9.63. The number of nitrogens with zero attached hydrogens (tertiary/aromatic N) is 2. The minimum Gasteiger partial charge on any atom is -0.481 e. The molecule has 0 radical (unpaired) electrons. The first-order valence-corrected chi connectivity index (χ1v) is 6.29. The molecule has 2 aromatic rings. The third kappa shape index (κ3) is 1.67. The van der Waals surface area contributed by atoms with Crippen molar-refractivity contribution in [3.63, 3.8) is 0 Å². The molecule has 100 valence electrons. The zero-order valence-corrected chi connectivity index (χ0v) is 10.6. The molecular formula is C13H15N3O3. The zero-order valence-electron chi connectivity index (χ0n) is 10.6. The lowest BCUT2D eigenvalue weighted by atomic mass is 9.80. The smallest absolute Gasteiger partial charge is 0.316 e. The van der Waals surface area contributed by atoms with Crippen LogP contribution in [0.5, 0.6) is 6.01 Å². The van der Waals surface area contributed by atoms with Crippen LogP contribution in [0.4, 0.5) is 0 Å². The van der Waals surface area contributed by atoms with E-state index in [1.165, 1.54) is 7.11 Å². The number of hydrogen-bond donors (Lipinski definition) is 2. The fourth-order valence-corrected chi connectivity index (χ4v) is 2.93. The summed E-state index contributed by atoms with van der Waals surface area (Å²) < 4.78 is 5.02. The van der Waals surface area contributed by atoms with Gasteiger partial charge in [-0.1, -0.05) is 12.8 Å². The van der Waals surface area contributed by atoms with Gasteiger partial charge in [0.05, 0.1) is 29.8 Å². The number of carbonyl (C=O) groups is 1. The number of methoxy groups -OCH3 is 1. The van der Waals surface area contributed by atoms with Crippen molar-refractivity contribution in [3.05, 3.63) is 18.0 Å². The van der Waals surface area contributed by atoms with Crippen LogP contribution in [-0.4, -0.2) is 33.1 Å². The Morgan fingerprint density at radius 3 is 2.84 bits per heavy atom. The number of hydrogen-bond acceptors (Lipinski definition) is 4. The Hall–Kier alpha value is -2.11. The summed E-state index contributed by atoms with van der Waals surface area (Å²) in [6, 6.07) is 0.256. The summed E-state index contributed by atoms with van der Waals surface area (Å²) in [6.07, 6.45) is 6.54. The van der Waals surface area contributed by atoms with Gasteiger partial charge in [0.15, 0.2) is 0 Å². The van der Waals surface area contributed by atoms with Crippen LogP contribution >= 0.6 is 0 Å². The molecule has 1 aliphatic rings. The van der Waals surface area contributed by atoms with Gasteiger partial charge >= 0.3 is 12.0 Å². The van der Waals surface area contributed by atoms with E-state index in [1.807, 2.05) is 0 Å². The molecule has 0 spiro atoms. The van der Waals surface area contributed by atoms with Crippen LogP contribution in [0.1, 0.15) is 31.2 Å². The Bertz CT molecular complexity index is 629. The Balaban J connectivity index is 2.21. The van der Waals surface area contributed by atoms with Crippen LogP contribution in [-0.2, 0) is 10.2 Å². The van der Waals surface area contributed by atoms with Crippen LogP contribution in [0.25, 0.3) is 11.0 Å². The molecule has 1 fully saturated rings. The molecule has 0 bridgehead atoms. The van der Waals surface area contributed by atoms with Crippen molar-refractivity contribution in [3.8, 4) is 6.01 Å². The average Bonchev–Trinajstić information content (AvgIpc) is 3.04. The van der Waals surface area contributed by atoms with Crippen LogP contribution in [0, 0.1) is 0 Å².